The molecule has 158 valence electrons. The maximum Gasteiger partial charge on any atom is 0.175 e. The van der Waals surface area contributed by atoms with Crippen LogP contribution in [0.4, 0.5) is 22.0 Å². The molecule has 0 saturated heterocycles. The van der Waals surface area contributed by atoms with E-state index < -0.39 is 40.1 Å². The molecule has 0 aliphatic carbocycles. The summed E-state index contributed by atoms with van der Waals surface area (Å²) < 4.78 is 77.5. The zero-order valence-electron chi connectivity index (χ0n) is 16.7. The summed E-state index contributed by atoms with van der Waals surface area (Å²) in [6.45, 7) is 2.09. The van der Waals surface area contributed by atoms with Crippen LogP contribution in [0.25, 0.3) is 22.4 Å². The standard InChI is InChI=1S/C24H21F5O/c1-3-4-5-6-14-7-9-15(10-8-14)20(25)21(26)17-13-16-11-12-18(30-2)23(28)19(16)24(29)22(17)27/h7-13H,3-6H2,1-2H3. The lowest BCUT2D eigenvalue weighted by molar-refractivity contribution is 0.388. The van der Waals surface area contributed by atoms with Crippen LogP contribution in [0, 0.1) is 17.5 Å². The maximum atomic E-state index is 14.8. The Kier molecular flexibility index (Phi) is 6.75. The number of benzene rings is 3. The van der Waals surface area contributed by atoms with Crippen LogP contribution < -0.4 is 4.74 Å². The topological polar surface area (TPSA) is 9.23 Å². The van der Waals surface area contributed by atoms with Crippen molar-refractivity contribution in [3.05, 3.63) is 76.6 Å². The number of rotatable bonds is 7. The molecule has 0 saturated carbocycles. The van der Waals surface area contributed by atoms with Gasteiger partial charge in [-0.25, -0.2) is 22.0 Å². The summed E-state index contributed by atoms with van der Waals surface area (Å²) in [5, 5.41) is -0.795. The van der Waals surface area contributed by atoms with Crippen molar-refractivity contribution < 1.29 is 26.7 Å². The fraction of sp³-hybridized carbons (Fsp3) is 0.250. The molecular formula is C24H21F5O. The van der Waals surface area contributed by atoms with Crippen molar-refractivity contribution in [2.75, 3.05) is 7.11 Å². The van der Waals surface area contributed by atoms with Gasteiger partial charge >= 0.3 is 0 Å². The van der Waals surface area contributed by atoms with E-state index in [4.69, 9.17) is 4.74 Å². The molecule has 0 amide bonds. The molecule has 30 heavy (non-hydrogen) atoms. The van der Waals surface area contributed by atoms with E-state index in [1.807, 2.05) is 0 Å². The third-order valence-electron chi connectivity index (χ3n) is 5.01. The molecule has 3 rings (SSSR count). The van der Waals surface area contributed by atoms with Gasteiger partial charge in [0.2, 0.25) is 0 Å². The zero-order valence-corrected chi connectivity index (χ0v) is 16.7. The van der Waals surface area contributed by atoms with Gasteiger partial charge in [-0.2, -0.15) is 0 Å². The Morgan fingerprint density at radius 2 is 1.53 bits per heavy atom. The van der Waals surface area contributed by atoms with Gasteiger partial charge in [-0.1, -0.05) is 50.1 Å². The minimum absolute atomic E-state index is 0.0902. The van der Waals surface area contributed by atoms with Crippen molar-refractivity contribution in [1.82, 2.24) is 0 Å². The molecule has 3 aromatic rings. The Balaban J connectivity index is 2.01. The Hall–Kier alpha value is -2.89. The normalized spacial score (nSPS) is 12.2. The average molecular weight is 420 g/mol. The fourth-order valence-corrected chi connectivity index (χ4v) is 3.32. The van der Waals surface area contributed by atoms with Crippen molar-refractivity contribution in [2.24, 2.45) is 0 Å². The van der Waals surface area contributed by atoms with Crippen LogP contribution in [0.1, 0.15) is 42.9 Å². The summed E-state index contributed by atoms with van der Waals surface area (Å²) in [6.07, 6.45) is 3.96. The van der Waals surface area contributed by atoms with Crippen molar-refractivity contribution in [1.29, 1.82) is 0 Å². The SMILES string of the molecule is CCCCCc1ccc(C(F)=C(F)c2cc3ccc(OC)c(F)c3c(F)c2F)cc1. The summed E-state index contributed by atoms with van der Waals surface area (Å²) in [6, 6.07) is 9.48. The highest BCUT2D eigenvalue weighted by Crippen LogP contribution is 2.36. The minimum Gasteiger partial charge on any atom is -0.494 e. The molecule has 6 heteroatoms. The molecular weight excluding hydrogens is 399 g/mol. The highest BCUT2D eigenvalue weighted by atomic mass is 19.2. The summed E-state index contributed by atoms with van der Waals surface area (Å²) >= 11 is 0. The van der Waals surface area contributed by atoms with Crippen LogP contribution in [-0.2, 0) is 6.42 Å². The number of fused-ring (bicyclic) bond motifs is 1. The molecule has 0 bridgehead atoms. The molecule has 0 aliphatic rings. The number of unbranched alkanes of at least 4 members (excludes halogenated alkanes) is 2. The molecule has 0 aromatic heterocycles. The van der Waals surface area contributed by atoms with E-state index in [0.29, 0.717) is 0 Å². The quantitative estimate of drug-likeness (QED) is 0.216. The van der Waals surface area contributed by atoms with Gasteiger partial charge in [-0.15, -0.1) is 0 Å². The lowest BCUT2D eigenvalue weighted by atomic mass is 10.0. The highest BCUT2D eigenvalue weighted by Gasteiger charge is 2.23. The Bertz CT molecular complexity index is 1090. The molecule has 1 nitrogen and oxygen atoms in total. The number of methoxy groups -OCH3 is 1. The first-order valence-electron chi connectivity index (χ1n) is 9.68. The zero-order chi connectivity index (χ0) is 21.8. The van der Waals surface area contributed by atoms with Gasteiger partial charge in [0.1, 0.15) is 0 Å². The largest absolute Gasteiger partial charge is 0.494 e. The van der Waals surface area contributed by atoms with Gasteiger partial charge in [0, 0.05) is 5.56 Å². The Morgan fingerprint density at radius 3 is 2.17 bits per heavy atom. The number of ether oxygens (including phenoxy) is 1. The van der Waals surface area contributed by atoms with Crippen LogP contribution in [-0.4, -0.2) is 7.11 Å². The number of halogens is 5. The predicted octanol–water partition coefficient (Wildman–Crippen LogP) is 7.76. The number of hydrogen-bond donors (Lipinski definition) is 0. The first-order valence-corrected chi connectivity index (χ1v) is 9.68. The average Bonchev–Trinajstić information content (AvgIpc) is 2.76. The predicted molar refractivity (Wildman–Crippen MR) is 109 cm³/mol. The first kappa shape index (κ1) is 21.8. The van der Waals surface area contributed by atoms with Gasteiger partial charge in [-0.3, -0.25) is 0 Å². The number of hydrogen-bond acceptors (Lipinski definition) is 1. The maximum absolute atomic E-state index is 14.8. The summed E-state index contributed by atoms with van der Waals surface area (Å²) in [5.74, 6) is -7.53. The molecule has 3 aromatic carbocycles. The lowest BCUT2D eigenvalue weighted by Crippen LogP contribution is -1.98. The molecule has 0 N–H and O–H groups in total. The van der Waals surface area contributed by atoms with Crippen molar-refractivity contribution in [2.45, 2.75) is 32.6 Å². The first-order chi connectivity index (χ1) is 14.4. The van der Waals surface area contributed by atoms with Crippen LogP contribution in [0.5, 0.6) is 5.75 Å². The third kappa shape index (κ3) is 4.18. The minimum atomic E-state index is -1.67. The molecule has 0 fully saturated rings. The molecule has 0 spiro atoms. The Morgan fingerprint density at radius 1 is 0.833 bits per heavy atom. The van der Waals surface area contributed by atoms with Crippen LogP contribution in [0.2, 0.25) is 0 Å². The molecule has 0 atom stereocenters. The fourth-order valence-electron chi connectivity index (χ4n) is 3.32. The van der Waals surface area contributed by atoms with E-state index in [-0.39, 0.29) is 16.7 Å². The van der Waals surface area contributed by atoms with E-state index >= 15 is 0 Å². The van der Waals surface area contributed by atoms with Crippen molar-refractivity contribution in [3.8, 4) is 5.75 Å². The molecule has 0 aliphatic heterocycles. The monoisotopic (exact) mass is 420 g/mol. The number of aryl methyl sites for hydroxylation is 1. The van der Waals surface area contributed by atoms with E-state index in [1.165, 1.54) is 31.4 Å². The summed E-state index contributed by atoms with van der Waals surface area (Å²) in [4.78, 5) is 0. The van der Waals surface area contributed by atoms with E-state index in [2.05, 4.69) is 6.92 Å². The van der Waals surface area contributed by atoms with E-state index in [0.717, 1.165) is 37.3 Å². The van der Waals surface area contributed by atoms with Crippen LogP contribution in [0.3, 0.4) is 0 Å². The van der Waals surface area contributed by atoms with Gasteiger partial charge in [0.15, 0.2) is 34.9 Å². The van der Waals surface area contributed by atoms with Crippen LogP contribution >= 0.6 is 0 Å². The summed E-state index contributed by atoms with van der Waals surface area (Å²) in [5.41, 5.74) is -0.0191. The smallest absolute Gasteiger partial charge is 0.175 e. The highest BCUT2D eigenvalue weighted by molar-refractivity contribution is 5.91. The van der Waals surface area contributed by atoms with Gasteiger partial charge in [0.05, 0.1) is 18.1 Å². The second-order valence-corrected chi connectivity index (χ2v) is 7.01. The Labute approximate surface area is 171 Å². The summed E-state index contributed by atoms with van der Waals surface area (Å²) in [7, 11) is 1.18. The molecule has 0 unspecified atom stereocenters. The van der Waals surface area contributed by atoms with Crippen LogP contribution in [0.15, 0.2) is 42.5 Å². The van der Waals surface area contributed by atoms with E-state index in [9.17, 15) is 22.0 Å². The van der Waals surface area contributed by atoms with Gasteiger partial charge < -0.3 is 4.74 Å². The molecule has 0 heterocycles. The second kappa shape index (κ2) is 9.28. The van der Waals surface area contributed by atoms with Crippen molar-refractivity contribution in [3.63, 3.8) is 0 Å². The second-order valence-electron chi connectivity index (χ2n) is 7.01. The third-order valence-corrected chi connectivity index (χ3v) is 5.01. The lowest BCUT2D eigenvalue weighted by Gasteiger charge is -2.10. The molecule has 0 radical (unpaired) electrons. The van der Waals surface area contributed by atoms with Crippen molar-refractivity contribution >= 4 is 22.4 Å². The van der Waals surface area contributed by atoms with Gasteiger partial charge in [0.25, 0.3) is 0 Å². The van der Waals surface area contributed by atoms with Gasteiger partial charge in [-0.05, 0) is 35.9 Å². The van der Waals surface area contributed by atoms with E-state index in [1.54, 1.807) is 12.1 Å².